The van der Waals surface area contributed by atoms with Gasteiger partial charge < -0.3 is 5.32 Å². The normalized spacial score (nSPS) is 10.9. The highest BCUT2D eigenvalue weighted by atomic mass is 35.5. The van der Waals surface area contributed by atoms with Crippen LogP contribution in [0.5, 0.6) is 0 Å². The number of benzene rings is 1. The lowest BCUT2D eigenvalue weighted by Crippen LogP contribution is -2.43. The maximum atomic E-state index is 12.7. The molecule has 0 aliphatic heterocycles. The highest BCUT2D eigenvalue weighted by molar-refractivity contribution is 6.30. The lowest BCUT2D eigenvalue weighted by Gasteiger charge is -2.11. The van der Waals surface area contributed by atoms with Crippen LogP contribution in [0.2, 0.25) is 5.02 Å². The Morgan fingerprint density at radius 1 is 1.22 bits per heavy atom. The Morgan fingerprint density at radius 2 is 1.93 bits per heavy atom. The van der Waals surface area contributed by atoms with E-state index in [1.807, 2.05) is 6.92 Å². The third kappa shape index (κ3) is 3.75. The number of fused-ring (bicyclic) bond motifs is 1. The van der Waals surface area contributed by atoms with Crippen molar-refractivity contribution in [2.45, 2.75) is 19.9 Å². The lowest BCUT2D eigenvalue weighted by molar-refractivity contribution is -0.121. The van der Waals surface area contributed by atoms with Crippen molar-refractivity contribution in [3.63, 3.8) is 0 Å². The zero-order valence-electron chi connectivity index (χ0n) is 14.9. The fraction of sp³-hybridized carbons (Fsp3) is 0.278. The molecule has 0 bridgehead atoms. The van der Waals surface area contributed by atoms with E-state index in [1.165, 1.54) is 17.8 Å². The van der Waals surface area contributed by atoms with Crippen molar-refractivity contribution in [3.8, 4) is 11.4 Å². The van der Waals surface area contributed by atoms with Crippen LogP contribution in [0.15, 0.2) is 40.1 Å². The second-order valence-electron chi connectivity index (χ2n) is 6.02. The van der Waals surface area contributed by atoms with E-state index in [1.54, 1.807) is 24.3 Å². The van der Waals surface area contributed by atoms with Gasteiger partial charge in [0.1, 0.15) is 11.9 Å². The van der Waals surface area contributed by atoms with Gasteiger partial charge in [-0.25, -0.2) is 14.8 Å². The van der Waals surface area contributed by atoms with E-state index >= 15 is 0 Å². The number of aryl methyl sites for hydroxylation is 1. The summed E-state index contributed by atoms with van der Waals surface area (Å²) < 4.78 is 2.13. The summed E-state index contributed by atoms with van der Waals surface area (Å²) in [6.07, 6.45) is 2.13. The summed E-state index contributed by atoms with van der Waals surface area (Å²) in [6.45, 7) is 2.05. The van der Waals surface area contributed by atoms with Crippen LogP contribution in [-0.4, -0.2) is 31.6 Å². The molecule has 9 heteroatoms. The summed E-state index contributed by atoms with van der Waals surface area (Å²) in [5.41, 5.74) is -0.297. The largest absolute Gasteiger partial charge is 0.355 e. The molecule has 1 aromatic carbocycles. The summed E-state index contributed by atoms with van der Waals surface area (Å²) in [4.78, 5) is 45.8. The van der Waals surface area contributed by atoms with Gasteiger partial charge in [-0.2, -0.15) is 0 Å². The molecule has 0 aliphatic carbocycles. The van der Waals surface area contributed by atoms with E-state index in [2.05, 4.69) is 15.3 Å². The summed E-state index contributed by atoms with van der Waals surface area (Å²) >= 11 is 5.89. The first-order valence-electron chi connectivity index (χ1n) is 8.41. The Kier molecular flexibility index (Phi) is 5.36. The molecule has 1 amide bonds. The molecule has 3 rings (SSSR count). The molecule has 0 spiro atoms. The Bertz CT molecular complexity index is 1120. The molecule has 0 saturated heterocycles. The van der Waals surface area contributed by atoms with Gasteiger partial charge in [0.2, 0.25) is 5.91 Å². The van der Waals surface area contributed by atoms with E-state index < -0.39 is 17.2 Å². The summed E-state index contributed by atoms with van der Waals surface area (Å²) in [6, 6.07) is 6.91. The molecule has 1 N–H and O–H groups in total. The predicted molar refractivity (Wildman–Crippen MR) is 103 cm³/mol. The molecule has 0 unspecified atom stereocenters. The molecule has 0 saturated carbocycles. The summed E-state index contributed by atoms with van der Waals surface area (Å²) in [7, 11) is 1.50. The Balaban J connectivity index is 2.09. The van der Waals surface area contributed by atoms with Crippen molar-refractivity contribution < 1.29 is 4.79 Å². The minimum absolute atomic E-state index is 0.165. The second kappa shape index (κ2) is 7.71. The van der Waals surface area contributed by atoms with Crippen molar-refractivity contribution in [1.29, 1.82) is 0 Å². The predicted octanol–water partition coefficient (Wildman–Crippen LogP) is 1.34. The minimum Gasteiger partial charge on any atom is -0.355 e. The van der Waals surface area contributed by atoms with Crippen molar-refractivity contribution in [2.24, 2.45) is 7.05 Å². The van der Waals surface area contributed by atoms with Crippen LogP contribution in [0.1, 0.15) is 13.3 Å². The number of amides is 1. The number of hydrogen-bond acceptors (Lipinski definition) is 5. The van der Waals surface area contributed by atoms with Gasteiger partial charge in [-0.15, -0.1) is 0 Å². The number of halogens is 1. The Hall–Kier alpha value is -3.00. The molecule has 3 aromatic rings. The number of rotatable bonds is 5. The SMILES string of the molecule is CCCNC(=O)Cn1c(=O)c2cnc(-c3ccc(Cl)cc3)nc2n(C)c1=O. The lowest BCUT2D eigenvalue weighted by atomic mass is 10.2. The van der Waals surface area contributed by atoms with Gasteiger partial charge in [-0.3, -0.25) is 18.7 Å². The number of aromatic nitrogens is 4. The standard InChI is InChI=1S/C18H18ClN5O3/c1-3-8-20-14(25)10-24-17(26)13-9-21-15(11-4-6-12(19)7-5-11)22-16(13)23(2)18(24)27/h4-7,9H,3,8,10H2,1-2H3,(H,20,25). The molecule has 0 fully saturated rings. The molecule has 0 radical (unpaired) electrons. The Labute approximate surface area is 159 Å². The molecule has 2 heterocycles. The first kappa shape index (κ1) is 18.8. The maximum Gasteiger partial charge on any atom is 0.332 e. The van der Waals surface area contributed by atoms with Crippen molar-refractivity contribution in [2.75, 3.05) is 6.54 Å². The number of carbonyl (C=O) groups is 1. The van der Waals surface area contributed by atoms with Gasteiger partial charge in [-0.1, -0.05) is 18.5 Å². The molecule has 2 aromatic heterocycles. The van der Waals surface area contributed by atoms with E-state index in [0.29, 0.717) is 23.0 Å². The number of nitrogens with one attached hydrogen (secondary N) is 1. The molecular weight excluding hydrogens is 370 g/mol. The van der Waals surface area contributed by atoms with Gasteiger partial charge in [0.15, 0.2) is 11.5 Å². The van der Waals surface area contributed by atoms with Crippen LogP contribution < -0.4 is 16.6 Å². The fourth-order valence-electron chi connectivity index (χ4n) is 2.62. The van der Waals surface area contributed by atoms with Crippen molar-refractivity contribution >= 4 is 28.5 Å². The molecule has 8 nitrogen and oxygen atoms in total. The van der Waals surface area contributed by atoms with E-state index in [9.17, 15) is 14.4 Å². The monoisotopic (exact) mass is 387 g/mol. The highest BCUT2D eigenvalue weighted by Crippen LogP contribution is 2.19. The van der Waals surface area contributed by atoms with Crippen LogP contribution >= 0.6 is 11.6 Å². The average molecular weight is 388 g/mol. The first-order valence-corrected chi connectivity index (χ1v) is 8.79. The zero-order valence-corrected chi connectivity index (χ0v) is 15.7. The first-order chi connectivity index (χ1) is 12.9. The third-order valence-corrected chi connectivity index (χ3v) is 4.31. The minimum atomic E-state index is -0.611. The molecular formula is C18H18ClN5O3. The smallest absolute Gasteiger partial charge is 0.332 e. The summed E-state index contributed by atoms with van der Waals surface area (Å²) in [5, 5.41) is 3.39. The third-order valence-electron chi connectivity index (χ3n) is 4.06. The number of hydrogen-bond donors (Lipinski definition) is 1. The van der Waals surface area contributed by atoms with E-state index in [0.717, 1.165) is 11.0 Å². The maximum absolute atomic E-state index is 12.7. The van der Waals surface area contributed by atoms with Crippen molar-refractivity contribution in [3.05, 3.63) is 56.3 Å². The van der Waals surface area contributed by atoms with E-state index in [-0.39, 0.29) is 17.6 Å². The summed E-state index contributed by atoms with van der Waals surface area (Å²) in [5.74, 6) is -0.0268. The quantitative estimate of drug-likeness (QED) is 0.712. The second-order valence-corrected chi connectivity index (χ2v) is 6.46. The van der Waals surface area contributed by atoms with E-state index in [4.69, 9.17) is 11.6 Å². The number of carbonyl (C=O) groups excluding carboxylic acids is 1. The van der Waals surface area contributed by atoms with Crippen LogP contribution in [0.3, 0.4) is 0 Å². The van der Waals surface area contributed by atoms with Gasteiger partial charge in [0.05, 0.1) is 0 Å². The van der Waals surface area contributed by atoms with Crippen molar-refractivity contribution in [1.82, 2.24) is 24.4 Å². The molecule has 27 heavy (non-hydrogen) atoms. The molecule has 140 valence electrons. The van der Waals surface area contributed by atoms with Crippen LogP contribution in [0, 0.1) is 0 Å². The fourth-order valence-corrected chi connectivity index (χ4v) is 2.75. The topological polar surface area (TPSA) is 98.9 Å². The van der Waals surface area contributed by atoms with Gasteiger partial charge in [-0.05, 0) is 30.7 Å². The number of nitrogens with zero attached hydrogens (tertiary/aromatic N) is 4. The highest BCUT2D eigenvalue weighted by Gasteiger charge is 2.16. The Morgan fingerprint density at radius 3 is 2.59 bits per heavy atom. The zero-order chi connectivity index (χ0) is 19.6. The molecule has 0 aliphatic rings. The van der Waals surface area contributed by atoms with Crippen LogP contribution in [0.25, 0.3) is 22.4 Å². The van der Waals surface area contributed by atoms with Gasteiger partial charge in [0.25, 0.3) is 5.56 Å². The van der Waals surface area contributed by atoms with Gasteiger partial charge >= 0.3 is 5.69 Å². The van der Waals surface area contributed by atoms with Crippen LogP contribution in [-0.2, 0) is 18.4 Å². The van der Waals surface area contributed by atoms with Crippen LogP contribution in [0.4, 0.5) is 0 Å². The van der Waals surface area contributed by atoms with Gasteiger partial charge in [0, 0.05) is 30.4 Å². The average Bonchev–Trinajstić information content (AvgIpc) is 2.68. The molecule has 0 atom stereocenters.